The van der Waals surface area contributed by atoms with Crippen molar-refractivity contribution in [2.75, 3.05) is 54.9 Å². The first kappa shape index (κ1) is 34.7. The van der Waals surface area contributed by atoms with Crippen molar-refractivity contribution < 1.29 is 80.3 Å². The second-order valence-electron chi connectivity index (χ2n) is 3.22. The van der Waals surface area contributed by atoms with Gasteiger partial charge in [0, 0.05) is 28.4 Å². The fraction of sp³-hybridized carbons (Fsp3) is 0.667. The number of hydrogen-bond acceptors (Lipinski definition) is 12. The van der Waals surface area contributed by atoms with Gasteiger partial charge in [0.2, 0.25) is 0 Å². The van der Waals surface area contributed by atoms with Gasteiger partial charge in [-0.1, -0.05) is 0 Å². The summed E-state index contributed by atoms with van der Waals surface area (Å²) < 4.78 is 16.6. The van der Waals surface area contributed by atoms with Crippen LogP contribution in [-0.4, -0.2) is 78.7 Å². The molecule has 0 aliphatic rings. The number of aliphatic carboxylic acids is 4. The summed E-state index contributed by atoms with van der Waals surface area (Å²) in [6, 6.07) is 0. The van der Waals surface area contributed by atoms with Crippen LogP contribution in [0.1, 0.15) is 0 Å². The van der Waals surface area contributed by atoms with E-state index in [1.807, 2.05) is 0 Å². The Labute approximate surface area is 159 Å². The van der Waals surface area contributed by atoms with Gasteiger partial charge < -0.3 is 58.6 Å². The molecule has 0 N–H and O–H groups in total. The maximum atomic E-state index is 9.36. The standard InChI is InChI=1S/4C3H6O3.Ti/c4*1-6-2-3(4)5;/h4*2H2,1H3,(H,4,5);/q;;;;+4/p-4. The molecule has 0 aromatic carbocycles. The molecule has 25 heavy (non-hydrogen) atoms. The molecule has 144 valence electrons. The van der Waals surface area contributed by atoms with E-state index in [1.165, 1.54) is 28.4 Å². The molecule has 0 fully saturated rings. The van der Waals surface area contributed by atoms with E-state index in [4.69, 9.17) is 0 Å². The Morgan fingerprint density at radius 2 is 0.640 bits per heavy atom. The van der Waals surface area contributed by atoms with Gasteiger partial charge in [-0.2, -0.15) is 0 Å². The van der Waals surface area contributed by atoms with E-state index in [9.17, 15) is 39.6 Å². The molecule has 0 aromatic heterocycles. The van der Waals surface area contributed by atoms with E-state index < -0.39 is 23.9 Å². The molecular weight excluding hydrogens is 384 g/mol. The number of carboxylic acids is 4. The molecule has 0 unspecified atom stereocenters. The summed E-state index contributed by atoms with van der Waals surface area (Å²) in [5.74, 6) is -4.73. The van der Waals surface area contributed by atoms with E-state index in [0.717, 1.165) is 0 Å². The summed E-state index contributed by atoms with van der Waals surface area (Å²) in [6.07, 6.45) is 0. The molecule has 0 spiro atoms. The van der Waals surface area contributed by atoms with Crippen molar-refractivity contribution >= 4 is 23.9 Å². The quantitative estimate of drug-likeness (QED) is 0.347. The number of carboxylic acid groups (broad SMARTS) is 4. The summed E-state index contributed by atoms with van der Waals surface area (Å²) in [5, 5.41) is 37.5. The van der Waals surface area contributed by atoms with E-state index in [1.54, 1.807) is 0 Å². The Kier molecular flexibility index (Phi) is 42.1. The van der Waals surface area contributed by atoms with Crippen LogP contribution in [0.15, 0.2) is 0 Å². The zero-order valence-electron chi connectivity index (χ0n) is 14.2. The van der Waals surface area contributed by atoms with Crippen LogP contribution in [0.3, 0.4) is 0 Å². The molecule has 0 aliphatic carbocycles. The van der Waals surface area contributed by atoms with Crippen LogP contribution in [0.2, 0.25) is 0 Å². The van der Waals surface area contributed by atoms with Gasteiger partial charge in [-0.25, -0.2) is 0 Å². The average Bonchev–Trinajstić information content (AvgIpc) is 2.39. The molecule has 0 amide bonds. The van der Waals surface area contributed by atoms with Crippen molar-refractivity contribution in [3.8, 4) is 0 Å². The summed E-state index contributed by atoms with van der Waals surface area (Å²) in [7, 11) is 5.21. The normalized spacial score (nSPS) is 7.84. The number of rotatable bonds is 8. The maximum absolute atomic E-state index is 9.36. The second kappa shape index (κ2) is 30.3. The van der Waals surface area contributed by atoms with Crippen molar-refractivity contribution in [1.82, 2.24) is 0 Å². The first-order valence-electron chi connectivity index (χ1n) is 5.83. The van der Waals surface area contributed by atoms with Gasteiger partial charge in [0.1, 0.15) is 0 Å². The average molecular weight is 404 g/mol. The van der Waals surface area contributed by atoms with Crippen molar-refractivity contribution in [3.05, 3.63) is 0 Å². The summed E-state index contributed by atoms with van der Waals surface area (Å²) in [6.45, 7) is -1.28. The van der Waals surface area contributed by atoms with Gasteiger partial charge >= 0.3 is 21.7 Å². The largest absolute Gasteiger partial charge is 4.00 e. The molecule has 0 atom stereocenters. The van der Waals surface area contributed by atoms with Gasteiger partial charge in [-0.3, -0.25) is 0 Å². The molecule has 0 aromatic rings. The number of methoxy groups -OCH3 is 4. The van der Waals surface area contributed by atoms with Gasteiger partial charge in [-0.15, -0.1) is 0 Å². The summed E-state index contributed by atoms with van der Waals surface area (Å²) in [4.78, 5) is 37.5. The number of carbonyl (C=O) groups excluding carboxylic acids is 4. The van der Waals surface area contributed by atoms with Gasteiger partial charge in [0.05, 0.1) is 50.3 Å². The minimum atomic E-state index is -1.18. The fourth-order valence-electron chi connectivity index (χ4n) is 0.471. The predicted molar refractivity (Wildman–Crippen MR) is 67.5 cm³/mol. The fourth-order valence-corrected chi connectivity index (χ4v) is 0.471. The molecule has 0 rings (SSSR count). The molecule has 0 aliphatic heterocycles. The van der Waals surface area contributed by atoms with E-state index in [2.05, 4.69) is 18.9 Å². The molecule has 0 bridgehead atoms. The van der Waals surface area contributed by atoms with Crippen molar-refractivity contribution in [2.45, 2.75) is 0 Å². The van der Waals surface area contributed by atoms with E-state index in [-0.39, 0.29) is 48.1 Å². The Balaban J connectivity index is -0.0000000702. The zero-order chi connectivity index (χ0) is 20.0. The number of hydrogen-bond donors (Lipinski definition) is 0. The van der Waals surface area contributed by atoms with E-state index >= 15 is 0 Å². The van der Waals surface area contributed by atoms with E-state index in [0.29, 0.717) is 0 Å². The molecule has 0 radical (unpaired) electrons. The van der Waals surface area contributed by atoms with Crippen LogP contribution in [0, 0.1) is 0 Å². The van der Waals surface area contributed by atoms with Crippen molar-refractivity contribution in [2.24, 2.45) is 0 Å². The third-order valence-corrected chi connectivity index (χ3v) is 1.05. The molecule has 0 heterocycles. The minimum Gasteiger partial charge on any atom is -0.548 e. The van der Waals surface area contributed by atoms with Gasteiger partial charge in [0.25, 0.3) is 0 Å². The summed E-state index contributed by atoms with van der Waals surface area (Å²) >= 11 is 0. The number of carbonyl (C=O) groups is 4. The van der Waals surface area contributed by atoms with Crippen LogP contribution in [0.4, 0.5) is 0 Å². The Morgan fingerprint density at radius 1 is 0.520 bits per heavy atom. The van der Waals surface area contributed by atoms with Crippen LogP contribution < -0.4 is 20.4 Å². The maximum Gasteiger partial charge on any atom is 4.00 e. The third-order valence-electron chi connectivity index (χ3n) is 1.05. The molecule has 0 saturated carbocycles. The Morgan fingerprint density at radius 3 is 0.640 bits per heavy atom. The third kappa shape index (κ3) is 86.0. The molecule has 0 saturated heterocycles. The van der Waals surface area contributed by atoms with Crippen molar-refractivity contribution in [1.29, 1.82) is 0 Å². The summed E-state index contributed by atoms with van der Waals surface area (Å²) in [5.41, 5.74) is 0. The smallest absolute Gasteiger partial charge is 0.548 e. The minimum absolute atomic E-state index is 0. The second-order valence-corrected chi connectivity index (χ2v) is 3.22. The molecular formula is C12H20O12Ti. The zero-order valence-corrected chi connectivity index (χ0v) is 15.8. The first-order chi connectivity index (χ1) is 11.1. The molecule has 12 nitrogen and oxygen atoms in total. The monoisotopic (exact) mass is 404 g/mol. The van der Waals surface area contributed by atoms with Gasteiger partial charge in [-0.05, 0) is 0 Å². The Hall–Kier alpha value is -1.57. The SMILES string of the molecule is COCC(=O)[O-].COCC(=O)[O-].COCC(=O)[O-].COCC(=O)[O-].[Ti+4]. The number of ether oxygens (including phenoxy) is 4. The van der Waals surface area contributed by atoms with Gasteiger partial charge in [0.15, 0.2) is 0 Å². The van der Waals surface area contributed by atoms with Crippen LogP contribution in [0.5, 0.6) is 0 Å². The van der Waals surface area contributed by atoms with Crippen LogP contribution in [-0.2, 0) is 59.8 Å². The molecule has 13 heteroatoms. The topological polar surface area (TPSA) is 197 Å². The van der Waals surface area contributed by atoms with Crippen LogP contribution >= 0.6 is 0 Å². The Bertz CT molecular complexity index is 270. The predicted octanol–water partition coefficient (Wildman–Crippen LogP) is -6.47. The first-order valence-corrected chi connectivity index (χ1v) is 5.83. The van der Waals surface area contributed by atoms with Crippen LogP contribution in [0.25, 0.3) is 0 Å². The van der Waals surface area contributed by atoms with Crippen molar-refractivity contribution in [3.63, 3.8) is 0 Å².